The molecule has 2 radical (unpaired) electrons. The molecule has 0 bridgehead atoms. The zero-order valence-electron chi connectivity index (χ0n) is 8.52. The Balaban J connectivity index is 3.32. The van der Waals surface area contributed by atoms with E-state index in [0.29, 0.717) is 17.9 Å². The molecule has 0 saturated carbocycles. The lowest BCUT2D eigenvalue weighted by atomic mass is 9.94. The van der Waals surface area contributed by atoms with Crippen molar-refractivity contribution in [1.82, 2.24) is 0 Å². The van der Waals surface area contributed by atoms with E-state index < -0.39 is 10.1 Å². The van der Waals surface area contributed by atoms with Crippen molar-refractivity contribution in [3.63, 3.8) is 0 Å². The molecule has 15 heavy (non-hydrogen) atoms. The summed E-state index contributed by atoms with van der Waals surface area (Å²) < 4.78 is 35.9. The van der Waals surface area contributed by atoms with E-state index in [1.165, 1.54) is 12.1 Å². The van der Waals surface area contributed by atoms with E-state index >= 15 is 0 Å². The number of hydrogen-bond acceptors (Lipinski definition) is 3. The van der Waals surface area contributed by atoms with Gasteiger partial charge in [0, 0.05) is 0 Å². The monoisotopic (exact) mass is 226 g/mol. The van der Waals surface area contributed by atoms with E-state index in [1.807, 2.05) is 6.92 Å². The van der Waals surface area contributed by atoms with Crippen LogP contribution < -0.4 is 10.2 Å². The van der Waals surface area contributed by atoms with E-state index in [2.05, 4.69) is 0 Å². The predicted octanol–water partition coefficient (Wildman–Crippen LogP) is 0.434. The lowest BCUT2D eigenvalue weighted by molar-refractivity contribution is 0.338. The second-order valence-electron chi connectivity index (χ2n) is 3.06. The SMILES string of the molecule is [B]c1cc(OCC)c(C)cc1S(=O)(=O)O. The summed E-state index contributed by atoms with van der Waals surface area (Å²) >= 11 is 0. The number of aryl methyl sites for hydroxylation is 1. The van der Waals surface area contributed by atoms with Crippen LogP contribution in [0.3, 0.4) is 0 Å². The number of rotatable bonds is 3. The van der Waals surface area contributed by atoms with Crippen LogP contribution in [-0.2, 0) is 10.1 Å². The summed E-state index contributed by atoms with van der Waals surface area (Å²) in [6.45, 7) is 3.96. The molecular weight excluding hydrogens is 215 g/mol. The van der Waals surface area contributed by atoms with Crippen molar-refractivity contribution in [2.24, 2.45) is 0 Å². The second kappa shape index (κ2) is 4.24. The molecule has 0 aromatic heterocycles. The van der Waals surface area contributed by atoms with E-state index in [0.717, 1.165) is 0 Å². The molecule has 4 nitrogen and oxygen atoms in total. The topological polar surface area (TPSA) is 63.6 Å². The number of hydrogen-bond donors (Lipinski definition) is 1. The summed E-state index contributed by atoms with van der Waals surface area (Å²) in [7, 11) is 1.22. The standard InChI is InChI=1S/C9H11BO4S/c1-3-14-8-5-7(10)9(4-6(8)2)15(11,12)13/h4-5H,3H2,1-2H3,(H,11,12,13). The predicted molar refractivity (Wildman–Crippen MR) is 57.6 cm³/mol. The molecule has 1 aromatic carbocycles. The normalized spacial score (nSPS) is 11.4. The minimum Gasteiger partial charge on any atom is -0.494 e. The van der Waals surface area contributed by atoms with Crippen LogP contribution in [0.15, 0.2) is 17.0 Å². The summed E-state index contributed by atoms with van der Waals surface area (Å²) in [6, 6.07) is 2.68. The highest BCUT2D eigenvalue weighted by molar-refractivity contribution is 7.86. The van der Waals surface area contributed by atoms with Gasteiger partial charge in [0.15, 0.2) is 0 Å². The minimum absolute atomic E-state index is 0.0217. The quantitative estimate of drug-likeness (QED) is 0.599. The average molecular weight is 226 g/mol. The Morgan fingerprint density at radius 2 is 2.07 bits per heavy atom. The van der Waals surface area contributed by atoms with Crippen molar-refractivity contribution < 1.29 is 17.7 Å². The van der Waals surface area contributed by atoms with Crippen molar-refractivity contribution >= 4 is 23.4 Å². The van der Waals surface area contributed by atoms with E-state index in [9.17, 15) is 8.42 Å². The van der Waals surface area contributed by atoms with Crippen LogP contribution in [0.2, 0.25) is 0 Å². The summed E-state index contributed by atoms with van der Waals surface area (Å²) in [6.07, 6.45) is 0. The van der Waals surface area contributed by atoms with Gasteiger partial charge in [-0.3, -0.25) is 4.55 Å². The maximum absolute atomic E-state index is 10.9. The zero-order chi connectivity index (χ0) is 11.6. The summed E-state index contributed by atoms with van der Waals surface area (Å²) in [5, 5.41) is 0. The molecule has 0 saturated heterocycles. The third-order valence-electron chi connectivity index (χ3n) is 1.89. The van der Waals surface area contributed by atoms with Gasteiger partial charge in [-0.2, -0.15) is 8.42 Å². The lowest BCUT2D eigenvalue weighted by Gasteiger charge is -2.10. The molecule has 0 aliphatic heterocycles. The highest BCUT2D eigenvalue weighted by Crippen LogP contribution is 2.19. The molecule has 0 spiro atoms. The first-order chi connectivity index (χ1) is 6.86. The van der Waals surface area contributed by atoms with Crippen LogP contribution in [-0.4, -0.2) is 27.4 Å². The van der Waals surface area contributed by atoms with Crippen molar-refractivity contribution in [2.75, 3.05) is 6.61 Å². The molecule has 0 atom stereocenters. The van der Waals surface area contributed by atoms with E-state index in [1.54, 1.807) is 6.92 Å². The first-order valence-electron chi connectivity index (χ1n) is 4.36. The molecule has 6 heteroatoms. The largest absolute Gasteiger partial charge is 0.494 e. The summed E-state index contributed by atoms with van der Waals surface area (Å²) in [4.78, 5) is -0.288. The van der Waals surface area contributed by atoms with Gasteiger partial charge in [-0.1, -0.05) is 5.46 Å². The summed E-state index contributed by atoms with van der Waals surface area (Å²) in [5.41, 5.74) is 0.588. The molecule has 0 fully saturated rings. The molecule has 1 aromatic rings. The Labute approximate surface area is 90.4 Å². The maximum atomic E-state index is 10.9. The highest BCUT2D eigenvalue weighted by Gasteiger charge is 2.14. The molecule has 1 rings (SSSR count). The van der Waals surface area contributed by atoms with Gasteiger partial charge in [-0.05, 0) is 31.5 Å². The van der Waals surface area contributed by atoms with Crippen molar-refractivity contribution in [3.05, 3.63) is 17.7 Å². The van der Waals surface area contributed by atoms with Gasteiger partial charge >= 0.3 is 0 Å². The molecule has 1 N–H and O–H groups in total. The number of ether oxygens (including phenoxy) is 1. The third-order valence-corrected chi connectivity index (χ3v) is 2.79. The molecular formula is C9H11BO4S. The fourth-order valence-corrected chi connectivity index (χ4v) is 1.89. The van der Waals surface area contributed by atoms with E-state index in [-0.39, 0.29) is 10.4 Å². The van der Waals surface area contributed by atoms with Gasteiger partial charge in [-0.15, -0.1) is 0 Å². The van der Waals surface area contributed by atoms with Gasteiger partial charge in [0.25, 0.3) is 10.1 Å². The van der Waals surface area contributed by atoms with Gasteiger partial charge in [-0.25, -0.2) is 0 Å². The van der Waals surface area contributed by atoms with Gasteiger partial charge in [0.05, 0.1) is 11.5 Å². The van der Waals surface area contributed by atoms with Crippen molar-refractivity contribution in [3.8, 4) is 5.75 Å². The Morgan fingerprint density at radius 3 is 2.53 bits per heavy atom. The molecule has 0 aliphatic rings. The van der Waals surface area contributed by atoms with Crippen LogP contribution in [0.1, 0.15) is 12.5 Å². The molecule has 0 amide bonds. The van der Waals surface area contributed by atoms with Crippen LogP contribution in [0.25, 0.3) is 0 Å². The van der Waals surface area contributed by atoms with Crippen molar-refractivity contribution in [2.45, 2.75) is 18.7 Å². The Morgan fingerprint density at radius 1 is 1.47 bits per heavy atom. The van der Waals surface area contributed by atoms with Gasteiger partial charge in [0.2, 0.25) is 0 Å². The van der Waals surface area contributed by atoms with Gasteiger partial charge in [0.1, 0.15) is 13.6 Å². The first-order valence-corrected chi connectivity index (χ1v) is 5.80. The Hall–Kier alpha value is -1.01. The Bertz CT molecular complexity index is 467. The summed E-state index contributed by atoms with van der Waals surface area (Å²) in [5.74, 6) is 0.516. The first kappa shape index (κ1) is 12.1. The minimum atomic E-state index is -4.27. The van der Waals surface area contributed by atoms with Gasteiger partial charge < -0.3 is 4.74 Å². The van der Waals surface area contributed by atoms with Crippen LogP contribution in [0.4, 0.5) is 0 Å². The molecule has 0 heterocycles. The average Bonchev–Trinajstić information content (AvgIpc) is 2.09. The van der Waals surface area contributed by atoms with Crippen LogP contribution in [0, 0.1) is 6.92 Å². The maximum Gasteiger partial charge on any atom is 0.293 e. The van der Waals surface area contributed by atoms with Crippen LogP contribution >= 0.6 is 0 Å². The lowest BCUT2D eigenvalue weighted by Crippen LogP contribution is -2.16. The molecule has 80 valence electrons. The van der Waals surface area contributed by atoms with Crippen molar-refractivity contribution in [1.29, 1.82) is 0 Å². The number of benzene rings is 1. The molecule has 0 unspecified atom stereocenters. The zero-order valence-corrected chi connectivity index (χ0v) is 9.34. The highest BCUT2D eigenvalue weighted by atomic mass is 32.2. The Kier molecular flexibility index (Phi) is 3.41. The van der Waals surface area contributed by atoms with E-state index in [4.69, 9.17) is 17.1 Å². The second-order valence-corrected chi connectivity index (χ2v) is 4.45. The fraction of sp³-hybridized carbons (Fsp3) is 0.333. The molecule has 0 aliphatic carbocycles. The third kappa shape index (κ3) is 2.73. The van der Waals surface area contributed by atoms with Crippen LogP contribution in [0.5, 0.6) is 5.75 Å². The fourth-order valence-electron chi connectivity index (χ4n) is 1.21. The smallest absolute Gasteiger partial charge is 0.293 e.